The van der Waals surface area contributed by atoms with Crippen LogP contribution in [0.5, 0.6) is 0 Å². The lowest BCUT2D eigenvalue weighted by Crippen LogP contribution is -2.34. The number of aryl methyl sites for hydroxylation is 1. The average Bonchev–Trinajstić information content (AvgIpc) is 3.14. The highest BCUT2D eigenvalue weighted by molar-refractivity contribution is 5.97. The zero-order chi connectivity index (χ0) is 17.8. The van der Waals surface area contributed by atoms with Gasteiger partial charge in [0.1, 0.15) is 0 Å². The standard InChI is InChI=1S/C19H19N3O3/c1-3-22-12-16(11-20-22)18(23)21-17(19(24)25-2)15-9-8-13-6-4-5-7-14(13)10-15/h4-12,17H,3H2,1-2H3,(H,21,23). The predicted molar refractivity (Wildman–Crippen MR) is 94.1 cm³/mol. The van der Waals surface area contributed by atoms with Gasteiger partial charge in [0.15, 0.2) is 6.04 Å². The highest BCUT2D eigenvalue weighted by Gasteiger charge is 2.25. The third kappa shape index (κ3) is 3.52. The van der Waals surface area contributed by atoms with Crippen LogP contribution in [0.3, 0.4) is 0 Å². The van der Waals surface area contributed by atoms with Crippen molar-refractivity contribution in [3.63, 3.8) is 0 Å². The number of benzene rings is 2. The molecule has 6 nitrogen and oxygen atoms in total. The molecule has 6 heteroatoms. The number of ether oxygens (including phenoxy) is 1. The van der Waals surface area contributed by atoms with Crippen molar-refractivity contribution in [2.75, 3.05) is 7.11 Å². The third-order valence-corrected chi connectivity index (χ3v) is 4.04. The van der Waals surface area contributed by atoms with E-state index in [-0.39, 0.29) is 5.91 Å². The predicted octanol–water partition coefficient (Wildman–Crippen LogP) is 2.70. The van der Waals surface area contributed by atoms with Gasteiger partial charge < -0.3 is 10.1 Å². The molecule has 1 atom stereocenters. The van der Waals surface area contributed by atoms with Crippen LogP contribution < -0.4 is 5.32 Å². The Morgan fingerprint density at radius 1 is 1.20 bits per heavy atom. The highest BCUT2D eigenvalue weighted by Crippen LogP contribution is 2.22. The Labute approximate surface area is 145 Å². The summed E-state index contributed by atoms with van der Waals surface area (Å²) >= 11 is 0. The molecule has 1 aromatic heterocycles. The van der Waals surface area contributed by atoms with Crippen LogP contribution in [0.15, 0.2) is 54.9 Å². The van der Waals surface area contributed by atoms with Gasteiger partial charge in [-0.05, 0) is 29.3 Å². The largest absolute Gasteiger partial charge is 0.467 e. The Kier molecular flexibility index (Phi) is 4.79. The monoisotopic (exact) mass is 337 g/mol. The molecule has 2 aromatic carbocycles. The van der Waals surface area contributed by atoms with Gasteiger partial charge in [-0.3, -0.25) is 9.48 Å². The minimum atomic E-state index is -0.882. The maximum atomic E-state index is 12.5. The molecule has 1 unspecified atom stereocenters. The van der Waals surface area contributed by atoms with Crippen LogP contribution in [0.1, 0.15) is 28.9 Å². The molecule has 25 heavy (non-hydrogen) atoms. The average molecular weight is 337 g/mol. The lowest BCUT2D eigenvalue weighted by molar-refractivity contribution is -0.143. The number of fused-ring (bicyclic) bond motifs is 1. The normalized spacial score (nSPS) is 11.9. The van der Waals surface area contributed by atoms with Crippen LogP contribution >= 0.6 is 0 Å². The molecule has 0 aliphatic heterocycles. The molecule has 3 rings (SSSR count). The summed E-state index contributed by atoms with van der Waals surface area (Å²) in [5.74, 6) is -0.894. The van der Waals surface area contributed by atoms with Gasteiger partial charge in [-0.2, -0.15) is 5.10 Å². The summed E-state index contributed by atoms with van der Waals surface area (Å²) in [5.41, 5.74) is 1.07. The first-order valence-corrected chi connectivity index (χ1v) is 8.02. The zero-order valence-corrected chi connectivity index (χ0v) is 14.1. The molecule has 0 aliphatic rings. The second kappa shape index (κ2) is 7.17. The second-order valence-electron chi connectivity index (χ2n) is 5.62. The molecular weight excluding hydrogens is 318 g/mol. The minimum absolute atomic E-state index is 0.372. The Hall–Kier alpha value is -3.15. The van der Waals surface area contributed by atoms with Crippen LogP contribution in [-0.4, -0.2) is 28.8 Å². The molecular formula is C19H19N3O3. The number of carbonyl (C=O) groups is 2. The Morgan fingerprint density at radius 3 is 2.64 bits per heavy atom. The first-order chi connectivity index (χ1) is 12.1. The van der Waals surface area contributed by atoms with Crippen LogP contribution in [-0.2, 0) is 16.1 Å². The number of aromatic nitrogens is 2. The van der Waals surface area contributed by atoms with E-state index >= 15 is 0 Å². The smallest absolute Gasteiger partial charge is 0.333 e. The molecule has 1 heterocycles. The van der Waals surface area contributed by atoms with Gasteiger partial charge in [-0.15, -0.1) is 0 Å². The van der Waals surface area contributed by atoms with Gasteiger partial charge in [0.05, 0.1) is 18.9 Å². The lowest BCUT2D eigenvalue weighted by atomic mass is 10.0. The Morgan fingerprint density at radius 2 is 1.96 bits per heavy atom. The molecule has 0 bridgehead atoms. The maximum Gasteiger partial charge on any atom is 0.333 e. The van der Waals surface area contributed by atoms with Crippen molar-refractivity contribution in [3.8, 4) is 0 Å². The second-order valence-corrected chi connectivity index (χ2v) is 5.62. The van der Waals surface area contributed by atoms with Crippen molar-refractivity contribution in [3.05, 3.63) is 66.0 Å². The van der Waals surface area contributed by atoms with Crippen molar-refractivity contribution in [2.45, 2.75) is 19.5 Å². The number of amides is 1. The van der Waals surface area contributed by atoms with Gasteiger partial charge in [0.25, 0.3) is 5.91 Å². The number of carbonyl (C=O) groups excluding carboxylic acids is 2. The van der Waals surface area contributed by atoms with Crippen LogP contribution in [0.25, 0.3) is 10.8 Å². The molecule has 0 saturated carbocycles. The number of rotatable bonds is 5. The maximum absolute atomic E-state index is 12.5. The highest BCUT2D eigenvalue weighted by atomic mass is 16.5. The van der Waals surface area contributed by atoms with Gasteiger partial charge in [-0.1, -0.05) is 36.4 Å². The molecule has 128 valence electrons. The quantitative estimate of drug-likeness (QED) is 0.727. The Balaban J connectivity index is 1.90. The van der Waals surface area contributed by atoms with Crippen molar-refractivity contribution in [1.82, 2.24) is 15.1 Å². The summed E-state index contributed by atoms with van der Waals surface area (Å²) in [6.45, 7) is 2.60. The fraction of sp³-hybridized carbons (Fsp3) is 0.211. The summed E-state index contributed by atoms with van der Waals surface area (Å²) in [7, 11) is 1.30. The number of esters is 1. The van der Waals surface area contributed by atoms with E-state index in [0.717, 1.165) is 10.8 Å². The molecule has 1 amide bonds. The fourth-order valence-corrected chi connectivity index (χ4v) is 2.65. The molecule has 0 saturated heterocycles. The van der Waals surface area contributed by atoms with E-state index in [4.69, 9.17) is 4.74 Å². The van der Waals surface area contributed by atoms with Crippen LogP contribution in [0.4, 0.5) is 0 Å². The molecule has 1 N–H and O–H groups in total. The summed E-state index contributed by atoms with van der Waals surface area (Å²) in [6.07, 6.45) is 3.12. The number of methoxy groups -OCH3 is 1. The van der Waals surface area contributed by atoms with Crippen LogP contribution in [0, 0.1) is 0 Å². The van der Waals surface area contributed by atoms with Crippen molar-refractivity contribution >= 4 is 22.6 Å². The first kappa shape index (κ1) is 16.7. The molecule has 0 spiro atoms. The van der Waals surface area contributed by atoms with E-state index in [1.165, 1.54) is 13.3 Å². The summed E-state index contributed by atoms with van der Waals surface area (Å²) < 4.78 is 6.52. The molecule has 0 aliphatic carbocycles. The topological polar surface area (TPSA) is 73.2 Å². The first-order valence-electron chi connectivity index (χ1n) is 8.02. The molecule has 0 radical (unpaired) electrons. The van der Waals surface area contributed by atoms with Gasteiger partial charge in [0, 0.05) is 12.7 Å². The minimum Gasteiger partial charge on any atom is -0.467 e. The van der Waals surface area contributed by atoms with E-state index in [1.54, 1.807) is 10.9 Å². The van der Waals surface area contributed by atoms with Crippen LogP contribution in [0.2, 0.25) is 0 Å². The number of nitrogens with one attached hydrogen (secondary N) is 1. The molecule has 3 aromatic rings. The fourth-order valence-electron chi connectivity index (χ4n) is 2.65. The van der Waals surface area contributed by atoms with E-state index in [9.17, 15) is 9.59 Å². The summed E-state index contributed by atoms with van der Waals surface area (Å²) in [4.78, 5) is 24.7. The third-order valence-electron chi connectivity index (χ3n) is 4.04. The molecule has 0 fully saturated rings. The van der Waals surface area contributed by atoms with Gasteiger partial charge >= 0.3 is 5.97 Å². The van der Waals surface area contributed by atoms with Crippen molar-refractivity contribution < 1.29 is 14.3 Å². The van der Waals surface area contributed by atoms with E-state index in [0.29, 0.717) is 17.7 Å². The SMILES string of the molecule is CCn1cc(C(=O)NC(C(=O)OC)c2ccc3ccccc3c2)cn1. The number of nitrogens with zero attached hydrogens (tertiary/aromatic N) is 2. The van der Waals surface area contributed by atoms with E-state index < -0.39 is 12.0 Å². The summed E-state index contributed by atoms with van der Waals surface area (Å²) in [5, 5.41) is 8.87. The van der Waals surface area contributed by atoms with Gasteiger partial charge in [0.2, 0.25) is 0 Å². The summed E-state index contributed by atoms with van der Waals surface area (Å²) in [6, 6.07) is 12.6. The number of hydrogen-bond donors (Lipinski definition) is 1. The van der Waals surface area contributed by atoms with E-state index in [2.05, 4.69) is 10.4 Å². The van der Waals surface area contributed by atoms with Crippen molar-refractivity contribution in [1.29, 1.82) is 0 Å². The van der Waals surface area contributed by atoms with Gasteiger partial charge in [-0.25, -0.2) is 4.79 Å². The zero-order valence-electron chi connectivity index (χ0n) is 14.1. The number of hydrogen-bond acceptors (Lipinski definition) is 4. The van der Waals surface area contributed by atoms with E-state index in [1.807, 2.05) is 49.4 Å². The van der Waals surface area contributed by atoms with Crippen molar-refractivity contribution in [2.24, 2.45) is 0 Å². The lowest BCUT2D eigenvalue weighted by Gasteiger charge is -2.17. The Bertz CT molecular complexity index is 917.